The number of nitrogens with zero attached hydrogens (tertiary/aromatic N) is 1. The van der Waals surface area contributed by atoms with Crippen LogP contribution in [0.3, 0.4) is 0 Å². The van der Waals surface area contributed by atoms with Gasteiger partial charge in [0.05, 0.1) is 11.6 Å². The van der Waals surface area contributed by atoms with Crippen molar-refractivity contribution in [2.75, 3.05) is 4.90 Å². The van der Waals surface area contributed by atoms with Crippen molar-refractivity contribution in [2.24, 2.45) is 17.8 Å². The van der Waals surface area contributed by atoms with Crippen LogP contribution in [0.2, 0.25) is 5.02 Å². The van der Waals surface area contributed by atoms with Crippen molar-refractivity contribution in [3.05, 3.63) is 28.8 Å². The summed E-state index contributed by atoms with van der Waals surface area (Å²) in [5.74, 6) is -0.420. The lowest BCUT2D eigenvalue weighted by atomic mass is 9.81. The van der Waals surface area contributed by atoms with E-state index in [-0.39, 0.29) is 29.6 Å². The summed E-state index contributed by atoms with van der Waals surface area (Å²) in [5, 5.41) is 0.546. The van der Waals surface area contributed by atoms with E-state index >= 15 is 0 Å². The standard InChI is InChI=1S/C17H22ClNO2/c1-5-12(6-2)15-11(4)16(20)19(17(15)21)14-8-10(3)7-13(18)9-14/h7-9,11-12,15H,5-6H2,1-4H3. The van der Waals surface area contributed by atoms with Crippen molar-refractivity contribution in [2.45, 2.75) is 40.5 Å². The van der Waals surface area contributed by atoms with E-state index in [0.717, 1.165) is 18.4 Å². The predicted molar refractivity (Wildman–Crippen MR) is 85.4 cm³/mol. The van der Waals surface area contributed by atoms with Crippen molar-refractivity contribution in [3.8, 4) is 0 Å². The van der Waals surface area contributed by atoms with Crippen LogP contribution in [-0.2, 0) is 9.59 Å². The topological polar surface area (TPSA) is 37.4 Å². The molecule has 1 aromatic carbocycles. The average molecular weight is 308 g/mol. The molecule has 2 amide bonds. The van der Waals surface area contributed by atoms with Crippen LogP contribution in [0.15, 0.2) is 18.2 Å². The summed E-state index contributed by atoms with van der Waals surface area (Å²) in [7, 11) is 0. The minimum Gasteiger partial charge on any atom is -0.274 e. The Morgan fingerprint density at radius 3 is 2.29 bits per heavy atom. The van der Waals surface area contributed by atoms with Crippen molar-refractivity contribution in [3.63, 3.8) is 0 Å². The highest BCUT2D eigenvalue weighted by Gasteiger charge is 2.48. The number of benzene rings is 1. The molecule has 1 aliphatic heterocycles. The Labute approximate surface area is 131 Å². The van der Waals surface area contributed by atoms with Crippen molar-refractivity contribution in [1.82, 2.24) is 0 Å². The summed E-state index contributed by atoms with van der Waals surface area (Å²) in [6.45, 7) is 7.92. The molecule has 1 aliphatic rings. The molecule has 0 spiro atoms. The molecule has 1 fully saturated rings. The van der Waals surface area contributed by atoms with Crippen LogP contribution < -0.4 is 4.90 Å². The molecule has 2 unspecified atom stereocenters. The molecule has 1 aromatic rings. The van der Waals surface area contributed by atoms with Crippen LogP contribution >= 0.6 is 11.6 Å². The van der Waals surface area contributed by atoms with Gasteiger partial charge in [-0.2, -0.15) is 0 Å². The molecule has 114 valence electrons. The molecule has 2 atom stereocenters. The number of imide groups is 1. The maximum atomic E-state index is 12.8. The Morgan fingerprint density at radius 2 is 1.76 bits per heavy atom. The van der Waals surface area contributed by atoms with Crippen molar-refractivity contribution in [1.29, 1.82) is 0 Å². The van der Waals surface area contributed by atoms with Crippen LogP contribution in [-0.4, -0.2) is 11.8 Å². The number of aryl methyl sites for hydroxylation is 1. The van der Waals surface area contributed by atoms with E-state index in [0.29, 0.717) is 10.7 Å². The van der Waals surface area contributed by atoms with E-state index in [2.05, 4.69) is 13.8 Å². The predicted octanol–water partition coefficient (Wildman–Crippen LogP) is 4.21. The van der Waals surface area contributed by atoms with Gasteiger partial charge in [-0.25, -0.2) is 4.90 Å². The Morgan fingerprint density at radius 1 is 1.14 bits per heavy atom. The van der Waals surface area contributed by atoms with Crippen LogP contribution in [0.4, 0.5) is 5.69 Å². The molecule has 3 nitrogen and oxygen atoms in total. The average Bonchev–Trinajstić information content (AvgIpc) is 2.63. The van der Waals surface area contributed by atoms with Crippen LogP contribution in [0.1, 0.15) is 39.2 Å². The number of amides is 2. The maximum Gasteiger partial charge on any atom is 0.237 e. The number of carbonyl (C=O) groups is 2. The second kappa shape index (κ2) is 6.18. The molecule has 0 N–H and O–H groups in total. The molecule has 0 aliphatic carbocycles. The molecular weight excluding hydrogens is 286 g/mol. The zero-order valence-corrected chi connectivity index (χ0v) is 13.8. The zero-order chi connectivity index (χ0) is 15.7. The minimum atomic E-state index is -0.262. The largest absolute Gasteiger partial charge is 0.274 e. The van der Waals surface area contributed by atoms with Crippen LogP contribution in [0.5, 0.6) is 0 Å². The van der Waals surface area contributed by atoms with E-state index in [4.69, 9.17) is 11.6 Å². The second-order valence-corrected chi connectivity index (χ2v) is 6.33. The van der Waals surface area contributed by atoms with E-state index in [9.17, 15) is 9.59 Å². The Balaban J connectivity index is 2.41. The lowest BCUT2D eigenvalue weighted by Gasteiger charge is -2.21. The quantitative estimate of drug-likeness (QED) is 0.781. The lowest BCUT2D eigenvalue weighted by molar-refractivity contribution is -0.123. The van der Waals surface area contributed by atoms with Gasteiger partial charge in [0.15, 0.2) is 0 Å². The highest BCUT2D eigenvalue weighted by Crippen LogP contribution is 2.38. The third kappa shape index (κ3) is 2.84. The van der Waals surface area contributed by atoms with E-state index in [1.807, 2.05) is 26.0 Å². The molecule has 0 radical (unpaired) electrons. The fraction of sp³-hybridized carbons (Fsp3) is 0.529. The number of hydrogen-bond acceptors (Lipinski definition) is 2. The molecule has 21 heavy (non-hydrogen) atoms. The first-order valence-electron chi connectivity index (χ1n) is 7.55. The number of rotatable bonds is 4. The highest BCUT2D eigenvalue weighted by molar-refractivity contribution is 6.31. The lowest BCUT2D eigenvalue weighted by Crippen LogP contribution is -2.32. The molecule has 4 heteroatoms. The monoisotopic (exact) mass is 307 g/mol. The first-order chi connectivity index (χ1) is 9.90. The maximum absolute atomic E-state index is 12.8. The van der Waals surface area contributed by atoms with Gasteiger partial charge in [0.1, 0.15) is 0 Å². The van der Waals surface area contributed by atoms with E-state index in [1.54, 1.807) is 6.07 Å². The zero-order valence-electron chi connectivity index (χ0n) is 13.0. The van der Waals surface area contributed by atoms with E-state index < -0.39 is 0 Å². The summed E-state index contributed by atoms with van der Waals surface area (Å²) in [6.07, 6.45) is 1.82. The van der Waals surface area contributed by atoms with Gasteiger partial charge < -0.3 is 0 Å². The Kier molecular flexibility index (Phi) is 4.72. The molecule has 2 rings (SSSR count). The van der Waals surface area contributed by atoms with Gasteiger partial charge in [0, 0.05) is 10.9 Å². The highest BCUT2D eigenvalue weighted by atomic mass is 35.5. The van der Waals surface area contributed by atoms with Crippen LogP contribution in [0.25, 0.3) is 0 Å². The first kappa shape index (κ1) is 16.0. The van der Waals surface area contributed by atoms with Crippen LogP contribution in [0, 0.1) is 24.7 Å². The normalized spacial score (nSPS) is 22.5. The van der Waals surface area contributed by atoms with Gasteiger partial charge >= 0.3 is 0 Å². The fourth-order valence-corrected chi connectivity index (χ4v) is 3.62. The van der Waals surface area contributed by atoms with Gasteiger partial charge in [-0.3, -0.25) is 9.59 Å². The van der Waals surface area contributed by atoms with E-state index in [1.165, 1.54) is 4.90 Å². The summed E-state index contributed by atoms with van der Waals surface area (Å²) in [5.41, 5.74) is 1.53. The molecule has 0 bridgehead atoms. The molecular formula is C17H22ClNO2. The Bertz CT molecular complexity index is 546. The third-order valence-corrected chi connectivity index (χ3v) is 4.71. The van der Waals surface area contributed by atoms with Gasteiger partial charge in [-0.15, -0.1) is 0 Å². The summed E-state index contributed by atoms with van der Waals surface area (Å²) in [6, 6.07) is 5.34. The van der Waals surface area contributed by atoms with Crippen molar-refractivity contribution < 1.29 is 9.59 Å². The van der Waals surface area contributed by atoms with Gasteiger partial charge in [-0.05, 0) is 36.6 Å². The SMILES string of the molecule is CCC(CC)C1C(=O)N(c2cc(C)cc(Cl)c2)C(=O)C1C. The second-order valence-electron chi connectivity index (χ2n) is 5.89. The summed E-state index contributed by atoms with van der Waals surface area (Å²) in [4.78, 5) is 26.6. The molecule has 0 aromatic heterocycles. The third-order valence-electron chi connectivity index (χ3n) is 4.50. The smallest absolute Gasteiger partial charge is 0.237 e. The van der Waals surface area contributed by atoms with Gasteiger partial charge in [0.25, 0.3) is 0 Å². The van der Waals surface area contributed by atoms with Gasteiger partial charge in [0.2, 0.25) is 11.8 Å². The molecule has 0 saturated carbocycles. The van der Waals surface area contributed by atoms with Gasteiger partial charge in [-0.1, -0.05) is 45.2 Å². The number of hydrogen-bond donors (Lipinski definition) is 0. The fourth-order valence-electron chi connectivity index (χ4n) is 3.34. The Hall–Kier alpha value is -1.35. The summed E-state index contributed by atoms with van der Waals surface area (Å²) >= 11 is 6.06. The minimum absolute atomic E-state index is 0.0807. The number of halogens is 1. The number of carbonyl (C=O) groups excluding carboxylic acids is 2. The molecule has 1 heterocycles. The first-order valence-corrected chi connectivity index (χ1v) is 7.93. The molecule has 1 saturated heterocycles. The summed E-state index contributed by atoms with van der Waals surface area (Å²) < 4.78 is 0. The number of anilines is 1. The van der Waals surface area contributed by atoms with Crippen molar-refractivity contribution >= 4 is 29.1 Å².